The summed E-state index contributed by atoms with van der Waals surface area (Å²) in [6.07, 6.45) is 4.42. The van der Waals surface area contributed by atoms with E-state index in [4.69, 9.17) is 14.2 Å². The number of esters is 1. The summed E-state index contributed by atoms with van der Waals surface area (Å²) in [5.74, 6) is -1.71. The topological polar surface area (TPSA) is 133 Å². The van der Waals surface area contributed by atoms with Crippen LogP contribution in [0, 0.1) is 28.6 Å². The van der Waals surface area contributed by atoms with Crippen molar-refractivity contribution in [3.8, 4) is 0 Å². The van der Waals surface area contributed by atoms with Crippen LogP contribution in [0.2, 0.25) is 0 Å². The van der Waals surface area contributed by atoms with Gasteiger partial charge in [-0.3, -0.25) is 4.79 Å². The van der Waals surface area contributed by atoms with Gasteiger partial charge in [0.15, 0.2) is 21.6 Å². The zero-order valence-electron chi connectivity index (χ0n) is 20.9. The normalized spacial score (nSPS) is 40.6. The van der Waals surface area contributed by atoms with Crippen molar-refractivity contribution in [3.63, 3.8) is 0 Å². The number of hydrogen-bond acceptors (Lipinski definition) is 9. The molecule has 196 valence electrons. The van der Waals surface area contributed by atoms with Crippen LogP contribution in [0.4, 0.5) is 4.79 Å². The standard InChI is InChI=1S/C25H36O9S/c1-5-32-22(29)34-25(21(28)33-14-35(4,30)31)11-9-18-17-7-6-15-12-16(26)8-10-23(15,2)20(17)19(27)13-24(18,25)3/h12,17-20,27H,5-11,13-14H2,1-4H3/t17?,18?,19?,20?,23?,24?,25-/m0/s1. The van der Waals surface area contributed by atoms with Crippen molar-refractivity contribution < 1.29 is 42.1 Å². The highest BCUT2D eigenvalue weighted by atomic mass is 32.2. The first-order chi connectivity index (χ1) is 16.3. The number of allylic oxidation sites excluding steroid dienone is 1. The first kappa shape index (κ1) is 26.1. The third kappa shape index (κ3) is 4.20. The number of aliphatic hydroxyl groups is 1. The largest absolute Gasteiger partial charge is 0.509 e. The number of ketones is 1. The smallest absolute Gasteiger partial charge is 0.446 e. The third-order valence-corrected chi connectivity index (χ3v) is 9.82. The Hall–Kier alpha value is -1.94. The van der Waals surface area contributed by atoms with Crippen LogP contribution >= 0.6 is 0 Å². The van der Waals surface area contributed by atoms with E-state index in [1.54, 1.807) is 13.0 Å². The quantitative estimate of drug-likeness (QED) is 0.552. The first-order valence-corrected chi connectivity index (χ1v) is 14.5. The van der Waals surface area contributed by atoms with Gasteiger partial charge in [0, 0.05) is 18.1 Å². The Bertz CT molecular complexity index is 1050. The van der Waals surface area contributed by atoms with Crippen LogP contribution in [0.1, 0.15) is 65.7 Å². The Morgan fingerprint density at radius 3 is 2.51 bits per heavy atom. The molecule has 0 aromatic carbocycles. The summed E-state index contributed by atoms with van der Waals surface area (Å²) >= 11 is 0. The molecule has 35 heavy (non-hydrogen) atoms. The maximum atomic E-state index is 13.5. The summed E-state index contributed by atoms with van der Waals surface area (Å²) in [6.45, 7) is 5.63. The fraction of sp³-hybridized carbons (Fsp3) is 0.800. The lowest BCUT2D eigenvalue weighted by atomic mass is 9.45. The van der Waals surface area contributed by atoms with Crippen molar-refractivity contribution in [1.29, 1.82) is 0 Å². The van der Waals surface area contributed by atoms with Crippen LogP contribution < -0.4 is 0 Å². The number of ether oxygens (including phenoxy) is 3. The highest BCUT2D eigenvalue weighted by Gasteiger charge is 2.71. The number of fused-ring (bicyclic) bond motifs is 5. The van der Waals surface area contributed by atoms with Gasteiger partial charge in [0.05, 0.1) is 12.7 Å². The van der Waals surface area contributed by atoms with E-state index in [1.807, 2.05) is 6.92 Å². The molecule has 3 saturated carbocycles. The van der Waals surface area contributed by atoms with Crippen molar-refractivity contribution >= 4 is 27.7 Å². The molecule has 0 aliphatic heterocycles. The molecule has 0 spiro atoms. The van der Waals surface area contributed by atoms with Gasteiger partial charge in [-0.15, -0.1) is 0 Å². The fourth-order valence-corrected chi connectivity index (χ4v) is 8.11. The summed E-state index contributed by atoms with van der Waals surface area (Å²) in [5.41, 5.74) is -1.95. The molecule has 4 aliphatic rings. The van der Waals surface area contributed by atoms with Crippen molar-refractivity contribution in [2.75, 3.05) is 18.8 Å². The molecule has 1 N–H and O–H groups in total. The molecule has 0 saturated heterocycles. The zero-order valence-corrected chi connectivity index (χ0v) is 21.7. The number of aliphatic hydroxyl groups excluding tert-OH is 1. The number of sulfone groups is 1. The average Bonchev–Trinajstić information content (AvgIpc) is 3.04. The molecule has 7 atom stereocenters. The van der Waals surface area contributed by atoms with E-state index in [9.17, 15) is 27.9 Å². The number of carbonyl (C=O) groups excluding carboxylic acids is 3. The Morgan fingerprint density at radius 2 is 1.86 bits per heavy atom. The van der Waals surface area contributed by atoms with Crippen LogP contribution in [0.5, 0.6) is 0 Å². The van der Waals surface area contributed by atoms with Crippen LogP contribution in [0.3, 0.4) is 0 Å². The van der Waals surface area contributed by atoms with E-state index in [0.29, 0.717) is 19.3 Å². The predicted molar refractivity (Wildman–Crippen MR) is 125 cm³/mol. The van der Waals surface area contributed by atoms with Crippen molar-refractivity contribution in [1.82, 2.24) is 0 Å². The fourth-order valence-electron chi connectivity index (χ4n) is 7.79. The molecule has 0 aromatic rings. The second-order valence-corrected chi connectivity index (χ2v) is 13.3. The van der Waals surface area contributed by atoms with Crippen LogP contribution in [0.15, 0.2) is 11.6 Å². The summed E-state index contributed by atoms with van der Waals surface area (Å²) < 4.78 is 39.3. The number of rotatable bonds is 5. The average molecular weight is 513 g/mol. The number of hydrogen-bond donors (Lipinski definition) is 1. The molecule has 6 unspecified atom stereocenters. The van der Waals surface area contributed by atoms with Gasteiger partial charge in [-0.1, -0.05) is 19.4 Å². The molecule has 4 rings (SSSR count). The minimum Gasteiger partial charge on any atom is -0.446 e. The molecule has 10 heteroatoms. The second kappa shape index (κ2) is 8.87. The third-order valence-electron chi connectivity index (χ3n) is 9.27. The van der Waals surface area contributed by atoms with Crippen molar-refractivity contribution in [3.05, 3.63) is 11.6 Å². The van der Waals surface area contributed by atoms with Gasteiger partial charge in [0.2, 0.25) is 5.60 Å². The molecule has 0 amide bonds. The highest BCUT2D eigenvalue weighted by Crippen LogP contribution is 2.68. The van der Waals surface area contributed by atoms with E-state index in [-0.39, 0.29) is 48.4 Å². The summed E-state index contributed by atoms with van der Waals surface area (Å²) in [6, 6.07) is 0. The predicted octanol–water partition coefficient (Wildman–Crippen LogP) is 2.95. The van der Waals surface area contributed by atoms with Gasteiger partial charge in [0.25, 0.3) is 0 Å². The summed E-state index contributed by atoms with van der Waals surface area (Å²) in [7, 11) is -3.62. The molecular weight excluding hydrogens is 476 g/mol. The summed E-state index contributed by atoms with van der Waals surface area (Å²) in [4.78, 5) is 38.0. The minimum atomic E-state index is -3.62. The molecule has 4 aliphatic carbocycles. The Balaban J connectivity index is 1.72. The van der Waals surface area contributed by atoms with Gasteiger partial charge >= 0.3 is 12.1 Å². The maximum absolute atomic E-state index is 13.5. The van der Waals surface area contributed by atoms with Gasteiger partial charge in [-0.05, 0) is 74.7 Å². The van der Waals surface area contributed by atoms with Gasteiger partial charge in [-0.2, -0.15) is 0 Å². The highest BCUT2D eigenvalue weighted by molar-refractivity contribution is 7.90. The monoisotopic (exact) mass is 512 g/mol. The SMILES string of the molecule is CCOC(=O)O[C@]1(C(=O)OCS(C)(=O)=O)CCC2C3CCC4=CC(=O)CCC4(C)C3C(O)CC21C. The lowest BCUT2D eigenvalue weighted by Crippen LogP contribution is -2.63. The van der Waals surface area contributed by atoms with E-state index in [0.717, 1.165) is 24.7 Å². The van der Waals surface area contributed by atoms with E-state index in [1.165, 1.54) is 0 Å². The van der Waals surface area contributed by atoms with E-state index in [2.05, 4.69) is 6.92 Å². The Labute approximate surface area is 206 Å². The van der Waals surface area contributed by atoms with Gasteiger partial charge in [0.1, 0.15) is 0 Å². The molecule has 3 fully saturated rings. The Kier molecular flexibility index (Phi) is 6.62. The van der Waals surface area contributed by atoms with Crippen molar-refractivity contribution in [2.45, 2.75) is 77.4 Å². The minimum absolute atomic E-state index is 0.0486. The lowest BCUT2D eigenvalue weighted by molar-refractivity contribution is -0.202. The van der Waals surface area contributed by atoms with E-state index >= 15 is 0 Å². The molecule has 0 radical (unpaired) electrons. The maximum Gasteiger partial charge on any atom is 0.509 e. The molecular formula is C25H36O9S. The molecule has 9 nitrogen and oxygen atoms in total. The van der Waals surface area contributed by atoms with E-state index < -0.39 is 45.0 Å². The zero-order chi connectivity index (χ0) is 25.8. The van der Waals surface area contributed by atoms with Crippen molar-refractivity contribution in [2.24, 2.45) is 28.6 Å². The molecule has 0 bridgehead atoms. The van der Waals surface area contributed by atoms with Crippen LogP contribution in [-0.4, -0.2) is 61.9 Å². The second-order valence-electron chi connectivity index (χ2n) is 11.2. The first-order valence-electron chi connectivity index (χ1n) is 12.4. The Morgan fingerprint density at radius 1 is 1.14 bits per heavy atom. The number of carbonyl (C=O) groups is 3. The summed E-state index contributed by atoms with van der Waals surface area (Å²) in [5, 5.41) is 11.6. The molecule has 0 aromatic heterocycles. The van der Waals surface area contributed by atoms with Gasteiger partial charge < -0.3 is 19.3 Å². The molecule has 0 heterocycles. The lowest BCUT2D eigenvalue weighted by Gasteiger charge is -2.60. The van der Waals surface area contributed by atoms with Gasteiger partial charge in [-0.25, -0.2) is 18.0 Å². The van der Waals surface area contributed by atoms with Crippen LogP contribution in [0.25, 0.3) is 0 Å². The van der Waals surface area contributed by atoms with Crippen LogP contribution in [-0.2, 0) is 33.6 Å².